The number of aromatic nitrogens is 1. The first kappa shape index (κ1) is 48.0. The molecular weight excluding hydrogens is 1210 g/mol. The molecule has 83 heavy (non-hydrogen) atoms. The predicted octanol–water partition coefficient (Wildman–Crippen LogP) is 17.2. The summed E-state index contributed by atoms with van der Waals surface area (Å²) in [6.07, 6.45) is 1.92. The molecule has 0 fully saturated rings. The molecule has 3 aliphatic rings. The van der Waals surface area contributed by atoms with Gasteiger partial charge in [-0.25, -0.2) is 4.98 Å². The molecule has 5 nitrogen and oxygen atoms in total. The number of aryl methyl sites for hydroxylation is 2. The van der Waals surface area contributed by atoms with Crippen LogP contribution in [0.5, 0.6) is 11.5 Å². The number of ether oxygens (including phenoxy) is 1. The Balaban J connectivity index is 0.00000714. The van der Waals surface area contributed by atoms with E-state index < -0.39 is 26.2 Å². The van der Waals surface area contributed by atoms with Crippen LogP contribution in [0.25, 0.3) is 44.5 Å². The largest absolute Gasteiger partial charge is 0.509 e. The van der Waals surface area contributed by atoms with Crippen molar-refractivity contribution in [2.75, 3.05) is 14.7 Å². The minimum atomic E-state index is -3.02. The molecular formula is C76H63N4OPtSi-3. The van der Waals surface area contributed by atoms with Crippen molar-refractivity contribution in [2.45, 2.75) is 66.2 Å². The maximum absolute atomic E-state index is 9.36. The Morgan fingerprint density at radius 2 is 1.10 bits per heavy atom. The maximum atomic E-state index is 9.36. The molecule has 0 radical (unpaired) electrons. The molecule has 0 amide bonds. The average molecular weight is 1280 g/mol. The SMILES string of the molecule is [2H]c1c([2H])c([2H])c(-c2cccc(-c3cc(-c4ccccc4)cc(C(C)(C)C)c3)c2N2[CH-]N(c3[c-]c(Oc4[c-]c5c(cc4)[Si]4(c6cc(C)ccc6-c6ccc(C)cc64)c4ccccc4N5c4cc(C(C)(C)C)ccn4)ccc3)c3ccccc32)c([2H])c1[2H].[Pt]. The topological polar surface area (TPSA) is 31.8 Å². The number of anilines is 7. The third-order valence-electron chi connectivity index (χ3n) is 16.5. The zero-order valence-electron chi connectivity index (χ0n) is 52.6. The van der Waals surface area contributed by atoms with Gasteiger partial charge in [-0.15, -0.1) is 47.9 Å². The summed E-state index contributed by atoms with van der Waals surface area (Å²) in [5.41, 5.74) is 16.3. The molecule has 1 aromatic heterocycles. The molecule has 0 N–H and O–H groups in total. The van der Waals surface area contributed by atoms with Crippen molar-refractivity contribution in [2.24, 2.45) is 0 Å². The van der Waals surface area contributed by atoms with E-state index in [1.165, 1.54) is 48.6 Å². The Morgan fingerprint density at radius 1 is 0.482 bits per heavy atom. The summed E-state index contributed by atoms with van der Waals surface area (Å²) in [6, 6.07) is 74.1. The van der Waals surface area contributed by atoms with Gasteiger partial charge in [-0.1, -0.05) is 216 Å². The molecule has 3 aliphatic heterocycles. The molecule has 0 saturated heterocycles. The van der Waals surface area contributed by atoms with Gasteiger partial charge in [0, 0.05) is 72.6 Å². The Morgan fingerprint density at radius 3 is 1.80 bits per heavy atom. The summed E-state index contributed by atoms with van der Waals surface area (Å²) in [5.74, 6) is 1.80. The molecule has 11 aromatic rings. The van der Waals surface area contributed by atoms with Crippen LogP contribution in [0.3, 0.4) is 0 Å². The summed E-state index contributed by atoms with van der Waals surface area (Å²) in [7, 11) is -3.02. The first-order valence-electron chi connectivity index (χ1n) is 30.6. The second kappa shape index (κ2) is 20.7. The van der Waals surface area contributed by atoms with Crippen molar-refractivity contribution < 1.29 is 32.7 Å². The van der Waals surface area contributed by atoms with E-state index in [2.05, 4.69) is 210 Å². The van der Waals surface area contributed by atoms with Crippen LogP contribution >= 0.6 is 0 Å². The normalized spacial score (nSPS) is 14.5. The fourth-order valence-corrected chi connectivity index (χ4v) is 18.2. The van der Waals surface area contributed by atoms with E-state index in [1.807, 2.05) is 79.6 Å². The molecule has 14 rings (SSSR count). The fraction of sp³-hybridized carbons (Fsp3) is 0.132. The van der Waals surface area contributed by atoms with Crippen LogP contribution in [-0.2, 0) is 31.9 Å². The molecule has 0 aliphatic carbocycles. The van der Waals surface area contributed by atoms with Crippen molar-refractivity contribution in [1.29, 1.82) is 0 Å². The summed E-state index contributed by atoms with van der Waals surface area (Å²) in [4.78, 5) is 11.6. The fourth-order valence-electron chi connectivity index (χ4n) is 12.5. The minimum Gasteiger partial charge on any atom is -0.509 e. The molecule has 0 bridgehead atoms. The second-order valence-corrected chi connectivity index (χ2v) is 27.6. The zero-order chi connectivity index (χ0) is 60.4. The van der Waals surface area contributed by atoms with Crippen molar-refractivity contribution in [3.05, 3.63) is 272 Å². The molecule has 4 heterocycles. The number of hydrogen-bond acceptors (Lipinski definition) is 5. The molecule has 1 spiro atoms. The van der Waals surface area contributed by atoms with Crippen LogP contribution in [0.1, 0.15) is 70.7 Å². The molecule has 0 saturated carbocycles. The maximum Gasteiger partial charge on any atom is 0.135 e. The number of nitrogens with zero attached hydrogens (tertiary/aromatic N) is 4. The van der Waals surface area contributed by atoms with E-state index in [0.29, 0.717) is 28.4 Å². The first-order chi connectivity index (χ1) is 41.8. The number of rotatable bonds is 8. The summed E-state index contributed by atoms with van der Waals surface area (Å²) < 4.78 is 52.1. The van der Waals surface area contributed by atoms with Gasteiger partial charge in [0.2, 0.25) is 0 Å². The number of fused-ring (bicyclic) bond motifs is 10. The van der Waals surface area contributed by atoms with Gasteiger partial charge < -0.3 is 19.4 Å². The minimum absolute atomic E-state index is 0. The van der Waals surface area contributed by atoms with E-state index in [4.69, 9.17) is 13.8 Å². The quantitative estimate of drug-likeness (QED) is 0.112. The second-order valence-electron chi connectivity index (χ2n) is 23.9. The average Bonchev–Trinajstić information content (AvgIpc) is 1.46. The number of benzene rings is 10. The van der Waals surface area contributed by atoms with Gasteiger partial charge in [0.15, 0.2) is 0 Å². The number of hydrogen-bond donors (Lipinski definition) is 0. The monoisotopic (exact) mass is 1280 g/mol. The Bertz CT molecular complexity index is 4550. The first-order valence-corrected chi connectivity index (χ1v) is 30.1. The third-order valence-corrected chi connectivity index (χ3v) is 21.4. The number of pyridine rings is 1. The van der Waals surface area contributed by atoms with Gasteiger partial charge in [0.05, 0.1) is 6.85 Å². The molecule has 0 atom stereocenters. The van der Waals surface area contributed by atoms with Crippen LogP contribution in [-0.4, -0.2) is 13.1 Å². The van der Waals surface area contributed by atoms with Crippen LogP contribution in [0.2, 0.25) is 0 Å². The molecule has 0 unspecified atom stereocenters. The van der Waals surface area contributed by atoms with Gasteiger partial charge in [-0.2, -0.15) is 12.1 Å². The summed E-state index contributed by atoms with van der Waals surface area (Å²) in [6.45, 7) is 19.7. The van der Waals surface area contributed by atoms with E-state index in [1.54, 1.807) is 0 Å². The van der Waals surface area contributed by atoms with Crippen LogP contribution < -0.4 is 40.2 Å². The van der Waals surface area contributed by atoms with E-state index >= 15 is 0 Å². The van der Waals surface area contributed by atoms with Crippen LogP contribution in [0.4, 0.5) is 39.9 Å². The van der Waals surface area contributed by atoms with E-state index in [0.717, 1.165) is 56.4 Å². The number of para-hydroxylation sites is 4. The molecule has 410 valence electrons. The van der Waals surface area contributed by atoms with Gasteiger partial charge in [0.1, 0.15) is 13.9 Å². The Labute approximate surface area is 511 Å². The van der Waals surface area contributed by atoms with Crippen molar-refractivity contribution in [1.82, 2.24) is 4.98 Å². The predicted molar refractivity (Wildman–Crippen MR) is 344 cm³/mol. The third kappa shape index (κ3) is 9.15. The van der Waals surface area contributed by atoms with E-state index in [-0.39, 0.29) is 49.5 Å². The van der Waals surface area contributed by atoms with E-state index in [9.17, 15) is 2.74 Å². The zero-order valence-corrected chi connectivity index (χ0v) is 50.9. The van der Waals surface area contributed by atoms with Gasteiger partial charge >= 0.3 is 0 Å². The summed E-state index contributed by atoms with van der Waals surface area (Å²) >= 11 is 0. The van der Waals surface area contributed by atoms with Crippen molar-refractivity contribution in [3.8, 4) is 56.0 Å². The van der Waals surface area contributed by atoms with Gasteiger partial charge in [0.25, 0.3) is 0 Å². The van der Waals surface area contributed by atoms with Gasteiger partial charge in [-0.3, -0.25) is 0 Å². The van der Waals surface area contributed by atoms with Crippen LogP contribution in [0, 0.1) is 32.6 Å². The smallest absolute Gasteiger partial charge is 0.135 e. The Kier molecular flexibility index (Phi) is 12.0. The summed E-state index contributed by atoms with van der Waals surface area (Å²) in [5, 5.41) is 5.24. The van der Waals surface area contributed by atoms with Crippen molar-refractivity contribution >= 4 is 68.8 Å². The van der Waals surface area contributed by atoms with Crippen LogP contribution in [0.15, 0.2) is 231 Å². The standard InChI is InChI=1S/C76H63N4OSi.Pt/c1-50-33-36-63-64-37-34-51(2)42-72(64)82(71(63)41-50)69-32-18-17-31-67(69)80(73-46-56(39-40-77-73)75(3,4)5)68-48-60(35-38-70(68)82)81-59-26-19-25-58(47-59)78-49-79(66-30-16-15-29-65(66)78)74-61(53-23-13-10-14-24-53)27-20-28-62(74)55-43-54(52-21-11-9-12-22-52)44-57(45-55)76(6,7)8;/h9-46,49H,1-8H3;/q-3;/i10D,13D,14D,23D,24D;. The molecule has 10 aromatic carbocycles. The molecule has 7 heteroatoms. The Hall–Kier alpha value is -8.54. The van der Waals surface area contributed by atoms with Gasteiger partial charge in [-0.05, 0) is 121 Å². The van der Waals surface area contributed by atoms with Crippen molar-refractivity contribution in [3.63, 3.8) is 0 Å².